The number of nitrogens with one attached hydrogen (secondary N) is 1. The van der Waals surface area contributed by atoms with Crippen LogP contribution in [0.3, 0.4) is 0 Å². The number of nitrogens with two attached hydrogens (primary N) is 1. The molecule has 0 aliphatic carbocycles. The summed E-state index contributed by atoms with van der Waals surface area (Å²) in [6, 6.07) is -0.833. The zero-order chi connectivity index (χ0) is 13.1. The normalized spacial score (nSPS) is 17.3. The van der Waals surface area contributed by atoms with Crippen LogP contribution < -0.4 is 5.73 Å². The SMILES string of the molecule is NCC(=O)C(Cc1c[nH]cn1)N1C(=O)CCC1=O. The molecule has 1 aromatic heterocycles. The zero-order valence-electron chi connectivity index (χ0n) is 9.76. The number of nitrogens with zero attached hydrogens (tertiary/aromatic N) is 2. The van der Waals surface area contributed by atoms with Gasteiger partial charge in [0.2, 0.25) is 11.8 Å². The standard InChI is InChI=1S/C11H14N4O3/c12-4-9(16)8(3-7-5-13-6-14-7)15-10(17)1-2-11(15)18/h5-6,8H,1-4,12H2,(H,13,14). The summed E-state index contributed by atoms with van der Waals surface area (Å²) in [4.78, 5) is 42.9. The van der Waals surface area contributed by atoms with Crippen LogP contribution >= 0.6 is 0 Å². The molecule has 0 bridgehead atoms. The smallest absolute Gasteiger partial charge is 0.230 e. The molecule has 2 rings (SSSR count). The Hall–Kier alpha value is -2.02. The average molecular weight is 250 g/mol. The van der Waals surface area contributed by atoms with Crippen molar-refractivity contribution in [1.29, 1.82) is 0 Å². The Bertz CT molecular complexity index is 453. The molecular formula is C11H14N4O3. The van der Waals surface area contributed by atoms with Crippen LogP contribution in [-0.2, 0) is 20.8 Å². The molecule has 7 heteroatoms. The Morgan fingerprint density at radius 3 is 2.61 bits per heavy atom. The number of likely N-dealkylation sites (tertiary alicyclic amines) is 1. The third kappa shape index (κ3) is 2.30. The van der Waals surface area contributed by atoms with E-state index in [4.69, 9.17) is 5.73 Å². The Balaban J connectivity index is 2.22. The van der Waals surface area contributed by atoms with Gasteiger partial charge in [-0.05, 0) is 0 Å². The number of H-pyrrole nitrogens is 1. The highest BCUT2D eigenvalue weighted by molar-refractivity contribution is 6.06. The number of hydrogen-bond acceptors (Lipinski definition) is 5. The molecule has 18 heavy (non-hydrogen) atoms. The minimum atomic E-state index is -0.833. The molecule has 1 aliphatic heterocycles. The van der Waals surface area contributed by atoms with Crippen molar-refractivity contribution >= 4 is 17.6 Å². The first-order valence-electron chi connectivity index (χ1n) is 5.69. The minimum absolute atomic E-state index is 0.160. The molecule has 2 amide bonds. The van der Waals surface area contributed by atoms with Crippen LogP contribution in [0.1, 0.15) is 18.5 Å². The van der Waals surface area contributed by atoms with E-state index in [9.17, 15) is 14.4 Å². The Labute approximate surface area is 103 Å². The van der Waals surface area contributed by atoms with Crippen molar-refractivity contribution < 1.29 is 14.4 Å². The first-order valence-corrected chi connectivity index (χ1v) is 5.69. The van der Waals surface area contributed by atoms with E-state index in [1.54, 1.807) is 6.20 Å². The maximum Gasteiger partial charge on any atom is 0.230 e. The molecule has 1 atom stereocenters. The number of carbonyl (C=O) groups is 3. The highest BCUT2D eigenvalue weighted by Crippen LogP contribution is 2.18. The number of aromatic nitrogens is 2. The summed E-state index contributed by atoms with van der Waals surface area (Å²) in [6.07, 6.45) is 3.63. The highest BCUT2D eigenvalue weighted by Gasteiger charge is 2.38. The average Bonchev–Trinajstić information content (AvgIpc) is 2.97. The first-order chi connectivity index (χ1) is 8.63. The maximum atomic E-state index is 11.8. The molecule has 1 aliphatic rings. The van der Waals surface area contributed by atoms with Crippen molar-refractivity contribution in [3.05, 3.63) is 18.2 Å². The van der Waals surface area contributed by atoms with E-state index in [0.717, 1.165) is 4.90 Å². The zero-order valence-corrected chi connectivity index (χ0v) is 9.76. The van der Waals surface area contributed by atoms with E-state index >= 15 is 0 Å². The van der Waals surface area contributed by atoms with Gasteiger partial charge in [-0.15, -0.1) is 0 Å². The predicted molar refractivity (Wildman–Crippen MR) is 61.2 cm³/mol. The third-order valence-corrected chi connectivity index (χ3v) is 2.93. The van der Waals surface area contributed by atoms with Gasteiger partial charge < -0.3 is 10.7 Å². The fraction of sp³-hybridized carbons (Fsp3) is 0.455. The quantitative estimate of drug-likeness (QED) is 0.651. The van der Waals surface area contributed by atoms with Crippen molar-refractivity contribution in [3.8, 4) is 0 Å². The molecule has 3 N–H and O–H groups in total. The number of rotatable bonds is 5. The summed E-state index contributed by atoms with van der Waals surface area (Å²) in [6.45, 7) is -0.202. The van der Waals surface area contributed by atoms with Crippen LogP contribution in [0.5, 0.6) is 0 Å². The lowest BCUT2D eigenvalue weighted by atomic mass is 10.1. The van der Waals surface area contributed by atoms with E-state index in [1.807, 2.05) is 0 Å². The van der Waals surface area contributed by atoms with Crippen molar-refractivity contribution in [3.63, 3.8) is 0 Å². The van der Waals surface area contributed by atoms with Crippen LogP contribution in [0.4, 0.5) is 0 Å². The molecule has 0 aromatic carbocycles. The number of imide groups is 1. The van der Waals surface area contributed by atoms with Crippen LogP contribution in [0.2, 0.25) is 0 Å². The summed E-state index contributed by atoms with van der Waals surface area (Å²) < 4.78 is 0. The van der Waals surface area contributed by atoms with Gasteiger partial charge in [0.15, 0.2) is 5.78 Å². The summed E-state index contributed by atoms with van der Waals surface area (Å²) in [7, 11) is 0. The lowest BCUT2D eigenvalue weighted by molar-refractivity contribution is -0.145. The van der Waals surface area contributed by atoms with Gasteiger partial charge in [-0.2, -0.15) is 0 Å². The number of hydrogen-bond donors (Lipinski definition) is 2. The number of ketones is 1. The van der Waals surface area contributed by atoms with E-state index in [2.05, 4.69) is 9.97 Å². The fourth-order valence-corrected chi connectivity index (χ4v) is 2.03. The van der Waals surface area contributed by atoms with Gasteiger partial charge in [0.05, 0.1) is 18.6 Å². The van der Waals surface area contributed by atoms with E-state index in [1.165, 1.54) is 6.33 Å². The second-order valence-electron chi connectivity index (χ2n) is 4.11. The van der Waals surface area contributed by atoms with Gasteiger partial charge in [0.25, 0.3) is 0 Å². The maximum absolute atomic E-state index is 11.8. The molecule has 7 nitrogen and oxygen atoms in total. The number of aromatic amines is 1. The molecule has 1 saturated heterocycles. The summed E-state index contributed by atoms with van der Waals surface area (Å²) in [5.41, 5.74) is 5.95. The Morgan fingerprint density at radius 1 is 1.44 bits per heavy atom. The van der Waals surface area contributed by atoms with Crippen LogP contribution in [-0.4, -0.2) is 45.1 Å². The molecule has 0 saturated carbocycles. The minimum Gasteiger partial charge on any atom is -0.351 e. The lowest BCUT2D eigenvalue weighted by Crippen LogP contribution is -2.48. The first kappa shape index (κ1) is 12.4. The summed E-state index contributed by atoms with van der Waals surface area (Å²) in [5, 5.41) is 0. The molecule has 96 valence electrons. The van der Waals surface area contributed by atoms with Gasteiger partial charge in [0.1, 0.15) is 6.04 Å². The predicted octanol–water partition coefficient (Wildman–Crippen LogP) is -1.00. The van der Waals surface area contributed by atoms with Crippen LogP contribution in [0.25, 0.3) is 0 Å². The number of Topliss-reactive ketones (excluding diaryl/α,β-unsaturated/α-hetero) is 1. The van der Waals surface area contributed by atoms with Crippen molar-refractivity contribution in [2.45, 2.75) is 25.3 Å². The molecular weight excluding hydrogens is 236 g/mol. The van der Waals surface area contributed by atoms with E-state index in [-0.39, 0.29) is 43.4 Å². The fourth-order valence-electron chi connectivity index (χ4n) is 2.03. The van der Waals surface area contributed by atoms with Gasteiger partial charge in [-0.3, -0.25) is 19.3 Å². The van der Waals surface area contributed by atoms with Gasteiger partial charge >= 0.3 is 0 Å². The molecule has 0 radical (unpaired) electrons. The van der Waals surface area contributed by atoms with Crippen molar-refractivity contribution in [2.75, 3.05) is 6.54 Å². The largest absolute Gasteiger partial charge is 0.351 e. The molecule has 1 aromatic rings. The lowest BCUT2D eigenvalue weighted by Gasteiger charge is -2.23. The molecule has 1 fully saturated rings. The summed E-state index contributed by atoms with van der Waals surface area (Å²) >= 11 is 0. The molecule has 0 spiro atoms. The monoisotopic (exact) mass is 250 g/mol. The molecule has 1 unspecified atom stereocenters. The topological polar surface area (TPSA) is 109 Å². The summed E-state index contributed by atoms with van der Waals surface area (Å²) in [5.74, 6) is -0.966. The molecule has 2 heterocycles. The van der Waals surface area contributed by atoms with Crippen molar-refractivity contribution in [1.82, 2.24) is 14.9 Å². The Kier molecular flexibility index (Phi) is 3.52. The van der Waals surface area contributed by atoms with Gasteiger partial charge in [0, 0.05) is 25.5 Å². The third-order valence-electron chi connectivity index (χ3n) is 2.93. The van der Waals surface area contributed by atoms with E-state index in [0.29, 0.717) is 5.69 Å². The number of imidazole rings is 1. The van der Waals surface area contributed by atoms with Crippen molar-refractivity contribution in [2.24, 2.45) is 5.73 Å². The number of amides is 2. The van der Waals surface area contributed by atoms with Gasteiger partial charge in [-0.25, -0.2) is 4.98 Å². The second-order valence-corrected chi connectivity index (χ2v) is 4.11. The van der Waals surface area contributed by atoms with E-state index < -0.39 is 6.04 Å². The van der Waals surface area contributed by atoms with Crippen LogP contribution in [0.15, 0.2) is 12.5 Å². The second kappa shape index (κ2) is 5.09. The van der Waals surface area contributed by atoms with Crippen LogP contribution in [0, 0.1) is 0 Å². The number of carbonyl (C=O) groups excluding carboxylic acids is 3. The Morgan fingerprint density at radius 2 is 2.11 bits per heavy atom. The highest BCUT2D eigenvalue weighted by atomic mass is 16.2. The van der Waals surface area contributed by atoms with Gasteiger partial charge in [-0.1, -0.05) is 0 Å².